The van der Waals surface area contributed by atoms with Gasteiger partial charge < -0.3 is 14.4 Å². The molecule has 6 nitrogen and oxygen atoms in total. The molecule has 0 aromatic carbocycles. The van der Waals surface area contributed by atoms with Gasteiger partial charge in [0, 0.05) is 12.7 Å². The monoisotopic (exact) mass is 235 g/mol. The first kappa shape index (κ1) is 10.5. The smallest absolute Gasteiger partial charge is 0.356 e. The van der Waals surface area contributed by atoms with Gasteiger partial charge in [-0.1, -0.05) is 0 Å². The number of methoxy groups -OCH3 is 1. The predicted octanol–water partition coefficient (Wildman–Crippen LogP) is 0.241. The van der Waals surface area contributed by atoms with E-state index in [1.54, 1.807) is 12.3 Å². The zero-order valence-electron chi connectivity index (χ0n) is 9.50. The minimum absolute atomic E-state index is 0.283. The van der Waals surface area contributed by atoms with Crippen LogP contribution in [0, 0.1) is 0 Å². The molecule has 90 valence electrons. The summed E-state index contributed by atoms with van der Waals surface area (Å²) in [4.78, 5) is 21.9. The van der Waals surface area contributed by atoms with Crippen LogP contribution in [0.4, 0.5) is 5.95 Å². The zero-order chi connectivity index (χ0) is 11.8. The molecule has 0 saturated carbocycles. The van der Waals surface area contributed by atoms with Gasteiger partial charge in [0.25, 0.3) is 0 Å². The normalized spacial score (nSPS) is 26.3. The summed E-state index contributed by atoms with van der Waals surface area (Å²) in [6, 6.07) is 1.90. The molecule has 1 aromatic heterocycles. The minimum Gasteiger partial charge on any atom is -0.464 e. The van der Waals surface area contributed by atoms with Crippen molar-refractivity contribution < 1.29 is 14.3 Å². The van der Waals surface area contributed by atoms with E-state index in [0.717, 1.165) is 19.6 Å². The van der Waals surface area contributed by atoms with Crippen LogP contribution in [0.1, 0.15) is 16.9 Å². The fourth-order valence-corrected chi connectivity index (χ4v) is 2.35. The van der Waals surface area contributed by atoms with Crippen molar-refractivity contribution in [2.75, 3.05) is 25.2 Å². The average molecular weight is 235 g/mol. The summed E-state index contributed by atoms with van der Waals surface area (Å²) < 4.78 is 10.2. The van der Waals surface area contributed by atoms with E-state index in [4.69, 9.17) is 4.74 Å². The van der Waals surface area contributed by atoms with E-state index in [2.05, 4.69) is 19.6 Å². The summed E-state index contributed by atoms with van der Waals surface area (Å²) >= 11 is 0. The number of esters is 1. The van der Waals surface area contributed by atoms with Crippen molar-refractivity contribution in [3.63, 3.8) is 0 Å². The lowest BCUT2D eigenvalue weighted by molar-refractivity contribution is 0.0594. The van der Waals surface area contributed by atoms with Gasteiger partial charge in [-0.15, -0.1) is 0 Å². The van der Waals surface area contributed by atoms with Crippen LogP contribution in [0.3, 0.4) is 0 Å². The first-order chi connectivity index (χ1) is 8.28. The molecule has 1 aromatic rings. The molecule has 0 N–H and O–H groups in total. The molecule has 3 rings (SSSR count). The third kappa shape index (κ3) is 1.74. The number of aromatic nitrogens is 2. The quantitative estimate of drug-likeness (QED) is 0.684. The molecule has 2 fully saturated rings. The molecule has 2 saturated heterocycles. The van der Waals surface area contributed by atoms with Crippen molar-refractivity contribution in [3.05, 3.63) is 18.0 Å². The highest BCUT2D eigenvalue weighted by molar-refractivity contribution is 5.87. The topological polar surface area (TPSA) is 64.5 Å². The van der Waals surface area contributed by atoms with E-state index < -0.39 is 5.97 Å². The van der Waals surface area contributed by atoms with Crippen LogP contribution >= 0.6 is 0 Å². The first-order valence-electron chi connectivity index (χ1n) is 5.57. The Hall–Kier alpha value is -1.69. The third-order valence-corrected chi connectivity index (χ3v) is 3.19. The van der Waals surface area contributed by atoms with Crippen molar-refractivity contribution >= 4 is 11.9 Å². The Morgan fingerprint density at radius 2 is 2.53 bits per heavy atom. The molecule has 6 heteroatoms. The number of nitrogens with zero attached hydrogens (tertiary/aromatic N) is 3. The summed E-state index contributed by atoms with van der Waals surface area (Å²) in [7, 11) is 1.34. The summed E-state index contributed by atoms with van der Waals surface area (Å²) in [6.07, 6.45) is 2.89. The second kappa shape index (κ2) is 3.96. The number of carbonyl (C=O) groups excluding carboxylic acids is 1. The number of carbonyl (C=O) groups is 1. The number of anilines is 1. The van der Waals surface area contributed by atoms with Gasteiger partial charge in [0.05, 0.1) is 25.9 Å². The fourth-order valence-electron chi connectivity index (χ4n) is 2.35. The molecule has 2 aliphatic heterocycles. The summed E-state index contributed by atoms with van der Waals surface area (Å²) in [5.74, 6) is 0.151. The Kier molecular flexibility index (Phi) is 2.44. The fraction of sp³-hybridized carbons (Fsp3) is 0.545. The van der Waals surface area contributed by atoms with Crippen molar-refractivity contribution in [2.24, 2.45) is 0 Å². The zero-order valence-corrected chi connectivity index (χ0v) is 9.50. The first-order valence-corrected chi connectivity index (χ1v) is 5.57. The highest BCUT2D eigenvalue weighted by atomic mass is 16.5. The third-order valence-electron chi connectivity index (χ3n) is 3.19. The van der Waals surface area contributed by atoms with Crippen LogP contribution in [0.25, 0.3) is 0 Å². The molecule has 2 atom stereocenters. The molecule has 17 heavy (non-hydrogen) atoms. The second-order valence-electron chi connectivity index (χ2n) is 4.23. The highest BCUT2D eigenvalue weighted by Gasteiger charge is 2.40. The van der Waals surface area contributed by atoms with Gasteiger partial charge in [-0.25, -0.2) is 14.8 Å². The number of hydrogen-bond acceptors (Lipinski definition) is 6. The largest absolute Gasteiger partial charge is 0.464 e. The van der Waals surface area contributed by atoms with Crippen LogP contribution < -0.4 is 4.90 Å². The molecule has 0 spiro atoms. The van der Waals surface area contributed by atoms with Crippen LogP contribution in [-0.2, 0) is 9.47 Å². The number of morpholine rings is 1. The van der Waals surface area contributed by atoms with Gasteiger partial charge in [0.15, 0.2) is 5.69 Å². The van der Waals surface area contributed by atoms with Crippen LogP contribution in [0.2, 0.25) is 0 Å². The van der Waals surface area contributed by atoms with Crippen molar-refractivity contribution in [1.29, 1.82) is 0 Å². The molecule has 0 aliphatic carbocycles. The Morgan fingerprint density at radius 1 is 1.65 bits per heavy atom. The van der Waals surface area contributed by atoms with E-state index in [1.807, 2.05) is 0 Å². The van der Waals surface area contributed by atoms with E-state index in [0.29, 0.717) is 17.7 Å². The van der Waals surface area contributed by atoms with Gasteiger partial charge in [0.1, 0.15) is 0 Å². The summed E-state index contributed by atoms with van der Waals surface area (Å²) in [5, 5.41) is 0. The van der Waals surface area contributed by atoms with E-state index in [9.17, 15) is 4.79 Å². The summed E-state index contributed by atoms with van der Waals surface area (Å²) in [6.45, 7) is 1.52. The number of rotatable bonds is 2. The molecule has 0 radical (unpaired) electrons. The minimum atomic E-state index is -0.436. The van der Waals surface area contributed by atoms with Crippen LogP contribution in [0.15, 0.2) is 12.3 Å². The number of ether oxygens (including phenoxy) is 2. The molecular formula is C11H13N3O3. The molecule has 0 amide bonds. The maximum absolute atomic E-state index is 11.4. The van der Waals surface area contributed by atoms with Crippen molar-refractivity contribution in [1.82, 2.24) is 9.97 Å². The Bertz CT molecular complexity index is 451. The Balaban J connectivity index is 1.86. The second-order valence-corrected chi connectivity index (χ2v) is 4.23. The Morgan fingerprint density at radius 3 is 3.18 bits per heavy atom. The van der Waals surface area contributed by atoms with Crippen LogP contribution in [0.5, 0.6) is 0 Å². The molecular weight excluding hydrogens is 222 g/mol. The lowest BCUT2D eigenvalue weighted by Crippen LogP contribution is -2.38. The van der Waals surface area contributed by atoms with Gasteiger partial charge in [0.2, 0.25) is 5.95 Å². The lowest BCUT2D eigenvalue weighted by atomic mass is 10.2. The van der Waals surface area contributed by atoms with Gasteiger partial charge >= 0.3 is 5.97 Å². The molecule has 2 aliphatic rings. The highest BCUT2D eigenvalue weighted by Crippen LogP contribution is 2.30. The SMILES string of the molecule is COC(=O)c1ccnc(N2C[C@@H]3C[C@H]2CO3)n1. The standard InChI is InChI=1S/C11H13N3O3/c1-16-10(15)9-2-3-12-11(13-9)14-5-8-4-7(14)6-17-8/h2-3,7-8H,4-6H2,1H3/t7-,8-/m0/s1. The van der Waals surface area contributed by atoms with Crippen LogP contribution in [-0.4, -0.2) is 48.3 Å². The predicted molar refractivity (Wildman–Crippen MR) is 58.9 cm³/mol. The van der Waals surface area contributed by atoms with E-state index in [-0.39, 0.29) is 6.10 Å². The molecule has 2 bridgehead atoms. The average Bonchev–Trinajstić information content (AvgIpc) is 3.00. The molecule has 0 unspecified atom stereocenters. The number of fused-ring (bicyclic) bond motifs is 2. The molecule has 3 heterocycles. The Labute approximate surface area is 98.6 Å². The maximum atomic E-state index is 11.4. The number of hydrogen-bond donors (Lipinski definition) is 0. The van der Waals surface area contributed by atoms with Crippen molar-refractivity contribution in [3.8, 4) is 0 Å². The van der Waals surface area contributed by atoms with Gasteiger partial charge in [-0.3, -0.25) is 0 Å². The van der Waals surface area contributed by atoms with E-state index >= 15 is 0 Å². The van der Waals surface area contributed by atoms with Gasteiger partial charge in [-0.2, -0.15) is 0 Å². The lowest BCUT2D eigenvalue weighted by Gasteiger charge is -2.26. The van der Waals surface area contributed by atoms with Gasteiger partial charge in [-0.05, 0) is 12.5 Å². The summed E-state index contributed by atoms with van der Waals surface area (Å²) in [5.41, 5.74) is 0.293. The maximum Gasteiger partial charge on any atom is 0.356 e. The van der Waals surface area contributed by atoms with E-state index in [1.165, 1.54) is 7.11 Å². The van der Waals surface area contributed by atoms with Crippen molar-refractivity contribution in [2.45, 2.75) is 18.6 Å².